The second kappa shape index (κ2) is 5.38. The van der Waals surface area contributed by atoms with Crippen LogP contribution in [0.1, 0.15) is 38.8 Å². The molecule has 1 aromatic carbocycles. The molecule has 0 aromatic heterocycles. The van der Waals surface area contributed by atoms with Crippen LogP contribution in [0.4, 0.5) is 0 Å². The Kier molecular flexibility index (Phi) is 5.58. The van der Waals surface area contributed by atoms with E-state index in [1.54, 1.807) is 0 Å². The molecule has 1 heteroatoms. The molecule has 0 N–H and O–H groups in total. The summed E-state index contributed by atoms with van der Waals surface area (Å²) in [6.07, 6.45) is 1.11. The van der Waals surface area contributed by atoms with Crippen molar-refractivity contribution < 1.29 is 0 Å². The number of rotatable bonds is 1. The van der Waals surface area contributed by atoms with Crippen LogP contribution in [0.5, 0.6) is 0 Å². The summed E-state index contributed by atoms with van der Waals surface area (Å²) >= 11 is 0. The molecule has 1 rings (SSSR count). The second-order valence-electron chi connectivity index (χ2n) is 4.21. The molecule has 0 saturated heterocycles. The molecule has 1 aromatic rings. The van der Waals surface area contributed by atoms with Crippen LogP contribution in [0.25, 0.3) is 0 Å². The molecule has 0 bridgehead atoms. The minimum absolute atomic E-state index is 0. The predicted molar refractivity (Wildman–Crippen MR) is 61.9 cm³/mol. The van der Waals surface area contributed by atoms with E-state index in [0.29, 0.717) is 0 Å². The number of hydrogen-bond acceptors (Lipinski definition) is 0. The van der Waals surface area contributed by atoms with Gasteiger partial charge in [0.2, 0.25) is 0 Å². The summed E-state index contributed by atoms with van der Waals surface area (Å²) < 4.78 is 0. The van der Waals surface area contributed by atoms with Gasteiger partial charge in [-0.05, 0) is 29.0 Å². The maximum atomic E-state index is 3.28. The van der Waals surface area contributed by atoms with Crippen molar-refractivity contribution in [2.75, 3.05) is 0 Å². The molecule has 0 aliphatic rings. The van der Waals surface area contributed by atoms with Crippen molar-refractivity contribution in [3.8, 4) is 0 Å². The molecular weight excluding hydrogens is 184 g/mol. The summed E-state index contributed by atoms with van der Waals surface area (Å²) in [6.45, 7) is 8.84. The predicted octanol–water partition coefficient (Wildman–Crippen LogP) is 2.43. The zero-order valence-corrected chi connectivity index (χ0v) is 8.44. The summed E-state index contributed by atoms with van der Waals surface area (Å²) in [5.41, 5.74) is 2.94. The van der Waals surface area contributed by atoms with Gasteiger partial charge in [0.15, 0.2) is 0 Å². The second-order valence-corrected chi connectivity index (χ2v) is 4.21. The Hall–Kier alpha value is 0.480. The Bertz CT molecular complexity index is 258. The van der Waals surface area contributed by atoms with Gasteiger partial charge in [-0.1, -0.05) is 45.9 Å². The van der Waals surface area contributed by atoms with Crippen LogP contribution in [0, 0.1) is 6.07 Å². The third kappa shape index (κ3) is 4.01. The topological polar surface area (TPSA) is 0 Å². The van der Waals surface area contributed by atoms with Crippen LogP contribution < -0.4 is 0 Å². The standard InChI is InChI=1S/C12H17.Ca.2H/c1-5-10-7-6-8-11(9-10)12(2,3)4;;;/h6-7,9H,5H2,1-4H3;;;. The molecule has 0 fully saturated rings. The van der Waals surface area contributed by atoms with Gasteiger partial charge in [-0.15, -0.1) is 0 Å². The molecule has 0 atom stereocenters. The van der Waals surface area contributed by atoms with Gasteiger partial charge in [-0.25, -0.2) is 0 Å². The summed E-state index contributed by atoms with van der Waals surface area (Å²) in [7, 11) is 0. The zero-order valence-electron chi connectivity index (χ0n) is 8.44. The van der Waals surface area contributed by atoms with E-state index in [2.05, 4.69) is 45.9 Å². The Morgan fingerprint density at radius 2 is 1.92 bits per heavy atom. The molecule has 0 amide bonds. The molecular formula is C12H19Ca. The Morgan fingerprint density at radius 3 is 2.38 bits per heavy atom. The van der Waals surface area contributed by atoms with Gasteiger partial charge in [0.1, 0.15) is 0 Å². The van der Waals surface area contributed by atoms with Gasteiger partial charge in [-0.2, -0.15) is 0 Å². The van der Waals surface area contributed by atoms with Crippen molar-refractivity contribution in [3.63, 3.8) is 0 Å². The van der Waals surface area contributed by atoms with Gasteiger partial charge in [-0.3, -0.25) is 0 Å². The molecule has 0 heterocycles. The van der Waals surface area contributed by atoms with E-state index < -0.39 is 0 Å². The SMILES string of the molecule is CCc1cc[c]c(C(C)(C)C)c1.[CaH2]. The Balaban J connectivity index is 0.00000144. The molecule has 0 unspecified atom stereocenters. The third-order valence-corrected chi connectivity index (χ3v) is 2.08. The third-order valence-electron chi connectivity index (χ3n) is 2.08. The van der Waals surface area contributed by atoms with E-state index in [4.69, 9.17) is 0 Å². The fourth-order valence-electron chi connectivity index (χ4n) is 1.17. The van der Waals surface area contributed by atoms with Crippen LogP contribution in [0.2, 0.25) is 0 Å². The van der Waals surface area contributed by atoms with E-state index in [-0.39, 0.29) is 43.2 Å². The van der Waals surface area contributed by atoms with Crippen LogP contribution in [0.3, 0.4) is 0 Å². The van der Waals surface area contributed by atoms with E-state index in [9.17, 15) is 0 Å². The average molecular weight is 203 g/mol. The molecule has 0 saturated carbocycles. The normalized spacial score (nSPS) is 10.8. The van der Waals surface area contributed by atoms with Crippen molar-refractivity contribution in [1.82, 2.24) is 0 Å². The van der Waals surface area contributed by atoms with E-state index in [0.717, 1.165) is 6.42 Å². The fraction of sp³-hybridized carbons (Fsp3) is 0.500. The first-order valence-corrected chi connectivity index (χ1v) is 4.55. The number of benzene rings is 1. The Morgan fingerprint density at radius 1 is 1.31 bits per heavy atom. The van der Waals surface area contributed by atoms with Crippen molar-refractivity contribution in [2.45, 2.75) is 39.5 Å². The summed E-state index contributed by atoms with van der Waals surface area (Å²) in [5, 5.41) is 0. The van der Waals surface area contributed by atoms with Crippen LogP contribution in [-0.4, -0.2) is 37.7 Å². The van der Waals surface area contributed by atoms with Crippen molar-refractivity contribution in [3.05, 3.63) is 35.4 Å². The zero-order chi connectivity index (χ0) is 9.19. The quantitative estimate of drug-likeness (QED) is 0.615. The van der Waals surface area contributed by atoms with Crippen molar-refractivity contribution in [1.29, 1.82) is 0 Å². The summed E-state index contributed by atoms with van der Waals surface area (Å²) in [6, 6.07) is 9.69. The first-order chi connectivity index (χ1) is 5.54. The molecule has 13 heavy (non-hydrogen) atoms. The van der Waals surface area contributed by atoms with Crippen molar-refractivity contribution in [2.24, 2.45) is 0 Å². The number of hydrogen-bond donors (Lipinski definition) is 0. The van der Waals surface area contributed by atoms with Gasteiger partial charge < -0.3 is 0 Å². The fourth-order valence-corrected chi connectivity index (χ4v) is 1.17. The molecule has 69 valence electrons. The average Bonchev–Trinajstić information content (AvgIpc) is 2.03. The van der Waals surface area contributed by atoms with Gasteiger partial charge in [0.25, 0.3) is 0 Å². The van der Waals surface area contributed by atoms with Crippen LogP contribution in [0.15, 0.2) is 18.2 Å². The maximum absolute atomic E-state index is 3.28. The van der Waals surface area contributed by atoms with E-state index >= 15 is 0 Å². The minimum atomic E-state index is 0. The van der Waals surface area contributed by atoms with Crippen LogP contribution in [-0.2, 0) is 11.8 Å². The van der Waals surface area contributed by atoms with Crippen molar-refractivity contribution >= 4 is 37.7 Å². The first kappa shape index (κ1) is 13.5. The van der Waals surface area contributed by atoms with Gasteiger partial charge in [0, 0.05) is 0 Å². The molecule has 0 nitrogen and oxygen atoms in total. The molecule has 1 radical (unpaired) electrons. The molecule has 0 spiro atoms. The Labute approximate surface area is 112 Å². The summed E-state index contributed by atoms with van der Waals surface area (Å²) in [4.78, 5) is 0. The monoisotopic (exact) mass is 203 g/mol. The van der Waals surface area contributed by atoms with Gasteiger partial charge in [0.05, 0.1) is 0 Å². The van der Waals surface area contributed by atoms with Gasteiger partial charge >= 0.3 is 37.7 Å². The van der Waals surface area contributed by atoms with Crippen LogP contribution >= 0.6 is 0 Å². The first-order valence-electron chi connectivity index (χ1n) is 4.55. The summed E-state index contributed by atoms with van der Waals surface area (Å²) in [5.74, 6) is 0. The molecule has 0 aliphatic heterocycles. The van der Waals surface area contributed by atoms with E-state index in [1.165, 1.54) is 11.1 Å². The van der Waals surface area contributed by atoms with E-state index in [1.807, 2.05) is 6.07 Å². The number of aryl methyl sites for hydroxylation is 1. The molecule has 0 aliphatic carbocycles.